The van der Waals surface area contributed by atoms with E-state index in [-0.39, 0.29) is 11.2 Å². The molecule has 0 atom stereocenters. The van der Waals surface area contributed by atoms with Gasteiger partial charge in [0, 0.05) is 0 Å². The number of carbonyl (C=O) groups is 1. The SMILES string of the molecule is CC(C)(C)OC(=O)c1cn(C(C)(C)C)nn1. The third kappa shape index (κ3) is 3.32. The van der Waals surface area contributed by atoms with Gasteiger partial charge in [0.25, 0.3) is 0 Å². The Morgan fingerprint density at radius 2 is 1.81 bits per heavy atom. The average molecular weight is 225 g/mol. The van der Waals surface area contributed by atoms with Gasteiger partial charge in [0.2, 0.25) is 0 Å². The molecular formula is C11H19N3O2. The molecule has 0 aliphatic rings. The quantitative estimate of drug-likeness (QED) is 0.686. The first-order chi connectivity index (χ1) is 7.09. The van der Waals surface area contributed by atoms with Crippen molar-refractivity contribution in [1.82, 2.24) is 15.0 Å². The highest BCUT2D eigenvalue weighted by atomic mass is 16.6. The molecule has 0 amide bonds. The lowest BCUT2D eigenvalue weighted by molar-refractivity contribution is 0.00627. The molecule has 5 nitrogen and oxygen atoms in total. The van der Waals surface area contributed by atoms with Gasteiger partial charge in [0.05, 0.1) is 11.7 Å². The molecule has 0 saturated carbocycles. The van der Waals surface area contributed by atoms with Crippen LogP contribution in [-0.4, -0.2) is 26.6 Å². The van der Waals surface area contributed by atoms with Crippen molar-refractivity contribution < 1.29 is 9.53 Å². The van der Waals surface area contributed by atoms with Crippen LogP contribution in [-0.2, 0) is 10.3 Å². The number of hydrogen-bond donors (Lipinski definition) is 0. The maximum absolute atomic E-state index is 11.7. The van der Waals surface area contributed by atoms with E-state index in [2.05, 4.69) is 10.3 Å². The lowest BCUT2D eigenvalue weighted by Crippen LogP contribution is -2.24. The summed E-state index contributed by atoms with van der Waals surface area (Å²) in [4.78, 5) is 11.7. The summed E-state index contributed by atoms with van der Waals surface area (Å²) < 4.78 is 6.84. The lowest BCUT2D eigenvalue weighted by Gasteiger charge is -2.19. The number of rotatable bonds is 1. The van der Waals surface area contributed by atoms with Gasteiger partial charge in [0.15, 0.2) is 5.69 Å². The van der Waals surface area contributed by atoms with Gasteiger partial charge in [-0.3, -0.25) is 0 Å². The Morgan fingerprint density at radius 3 is 2.19 bits per heavy atom. The topological polar surface area (TPSA) is 57.0 Å². The summed E-state index contributed by atoms with van der Waals surface area (Å²) in [7, 11) is 0. The van der Waals surface area contributed by atoms with E-state index in [9.17, 15) is 4.79 Å². The zero-order valence-corrected chi connectivity index (χ0v) is 10.7. The molecule has 1 rings (SSSR count). The molecule has 0 bridgehead atoms. The minimum atomic E-state index is -0.511. The Kier molecular flexibility index (Phi) is 3.08. The molecule has 0 saturated heterocycles. The van der Waals surface area contributed by atoms with Crippen LogP contribution in [0.15, 0.2) is 6.20 Å². The summed E-state index contributed by atoms with van der Waals surface area (Å²) in [6.45, 7) is 11.4. The van der Waals surface area contributed by atoms with Gasteiger partial charge in [-0.25, -0.2) is 9.48 Å². The molecule has 0 unspecified atom stereocenters. The standard InChI is InChI=1S/C11H19N3O2/c1-10(2,3)14-7-8(12-13-14)9(15)16-11(4,5)6/h7H,1-6H3. The minimum absolute atomic E-state index is 0.187. The number of aromatic nitrogens is 3. The van der Waals surface area contributed by atoms with Crippen molar-refractivity contribution in [2.45, 2.75) is 52.7 Å². The summed E-state index contributed by atoms with van der Waals surface area (Å²) in [6.07, 6.45) is 1.61. The molecule has 16 heavy (non-hydrogen) atoms. The minimum Gasteiger partial charge on any atom is -0.455 e. The normalized spacial score (nSPS) is 12.6. The molecule has 0 fully saturated rings. The monoisotopic (exact) mass is 225 g/mol. The van der Waals surface area contributed by atoms with Crippen molar-refractivity contribution in [2.24, 2.45) is 0 Å². The van der Waals surface area contributed by atoms with E-state index >= 15 is 0 Å². The number of carbonyl (C=O) groups excluding carboxylic acids is 1. The van der Waals surface area contributed by atoms with E-state index in [0.717, 1.165) is 0 Å². The Hall–Kier alpha value is -1.39. The van der Waals surface area contributed by atoms with Gasteiger partial charge in [-0.15, -0.1) is 5.10 Å². The Bertz CT molecular complexity index is 383. The van der Waals surface area contributed by atoms with Crippen LogP contribution in [0.1, 0.15) is 52.0 Å². The first-order valence-corrected chi connectivity index (χ1v) is 5.26. The zero-order chi connectivity index (χ0) is 12.6. The van der Waals surface area contributed by atoms with Gasteiger partial charge in [-0.1, -0.05) is 5.21 Å². The van der Waals surface area contributed by atoms with E-state index in [1.807, 2.05) is 41.5 Å². The maximum Gasteiger partial charge on any atom is 0.361 e. The van der Waals surface area contributed by atoms with Crippen LogP contribution in [0.5, 0.6) is 0 Å². The highest BCUT2D eigenvalue weighted by molar-refractivity contribution is 5.87. The molecular weight excluding hydrogens is 206 g/mol. The predicted molar refractivity (Wildman–Crippen MR) is 60.2 cm³/mol. The van der Waals surface area contributed by atoms with Crippen LogP contribution in [0.2, 0.25) is 0 Å². The van der Waals surface area contributed by atoms with E-state index < -0.39 is 11.6 Å². The fraction of sp³-hybridized carbons (Fsp3) is 0.727. The zero-order valence-electron chi connectivity index (χ0n) is 10.7. The number of nitrogens with zero attached hydrogens (tertiary/aromatic N) is 3. The number of hydrogen-bond acceptors (Lipinski definition) is 4. The van der Waals surface area contributed by atoms with E-state index in [1.54, 1.807) is 10.9 Å². The van der Waals surface area contributed by atoms with Crippen LogP contribution < -0.4 is 0 Å². The first kappa shape index (κ1) is 12.7. The van der Waals surface area contributed by atoms with Crippen LogP contribution >= 0.6 is 0 Å². The smallest absolute Gasteiger partial charge is 0.361 e. The molecule has 0 aliphatic carbocycles. The first-order valence-electron chi connectivity index (χ1n) is 5.26. The molecule has 0 radical (unpaired) electrons. The van der Waals surface area contributed by atoms with E-state index in [4.69, 9.17) is 4.74 Å². The van der Waals surface area contributed by atoms with Gasteiger partial charge >= 0.3 is 5.97 Å². The van der Waals surface area contributed by atoms with E-state index in [1.165, 1.54) is 0 Å². The van der Waals surface area contributed by atoms with Crippen LogP contribution in [0.25, 0.3) is 0 Å². The summed E-state index contributed by atoms with van der Waals surface area (Å²) in [5, 5.41) is 7.71. The molecule has 1 aromatic heterocycles. The summed E-state index contributed by atoms with van der Waals surface area (Å²) in [5.74, 6) is -0.442. The van der Waals surface area contributed by atoms with Crippen LogP contribution in [0, 0.1) is 0 Å². The molecule has 0 N–H and O–H groups in total. The average Bonchev–Trinajstić information content (AvgIpc) is 2.46. The van der Waals surface area contributed by atoms with Crippen molar-refractivity contribution in [3.05, 3.63) is 11.9 Å². The molecule has 0 aliphatic heterocycles. The molecule has 0 aromatic carbocycles. The fourth-order valence-corrected chi connectivity index (χ4v) is 1.02. The predicted octanol–water partition coefficient (Wildman–Crippen LogP) is 1.99. The summed E-state index contributed by atoms with van der Waals surface area (Å²) in [5.41, 5.74) is -0.458. The molecule has 5 heteroatoms. The Labute approximate surface area is 95.8 Å². The van der Waals surface area contributed by atoms with Crippen LogP contribution in [0.4, 0.5) is 0 Å². The van der Waals surface area contributed by atoms with E-state index in [0.29, 0.717) is 0 Å². The van der Waals surface area contributed by atoms with Crippen LogP contribution in [0.3, 0.4) is 0 Å². The van der Waals surface area contributed by atoms with Gasteiger partial charge < -0.3 is 4.74 Å². The Morgan fingerprint density at radius 1 is 1.25 bits per heavy atom. The van der Waals surface area contributed by atoms with Gasteiger partial charge in [0.1, 0.15) is 5.60 Å². The second kappa shape index (κ2) is 3.88. The largest absolute Gasteiger partial charge is 0.455 e. The third-order valence-electron chi connectivity index (χ3n) is 1.79. The number of esters is 1. The molecule has 90 valence electrons. The highest BCUT2D eigenvalue weighted by Gasteiger charge is 2.22. The van der Waals surface area contributed by atoms with Crippen molar-refractivity contribution in [3.63, 3.8) is 0 Å². The second-order valence-electron chi connectivity index (χ2n) is 5.72. The summed E-state index contributed by atoms with van der Waals surface area (Å²) >= 11 is 0. The Balaban J connectivity index is 2.83. The maximum atomic E-state index is 11.7. The lowest BCUT2D eigenvalue weighted by atomic mass is 10.1. The number of ether oxygens (including phenoxy) is 1. The molecule has 1 aromatic rings. The van der Waals surface area contributed by atoms with Crippen molar-refractivity contribution in [2.75, 3.05) is 0 Å². The summed E-state index contributed by atoms with van der Waals surface area (Å²) in [6, 6.07) is 0. The fourth-order valence-electron chi connectivity index (χ4n) is 1.02. The van der Waals surface area contributed by atoms with Gasteiger partial charge in [-0.2, -0.15) is 0 Å². The van der Waals surface area contributed by atoms with Crippen molar-refractivity contribution in [1.29, 1.82) is 0 Å². The van der Waals surface area contributed by atoms with Crippen molar-refractivity contribution >= 4 is 5.97 Å². The second-order valence-corrected chi connectivity index (χ2v) is 5.72. The van der Waals surface area contributed by atoms with Crippen molar-refractivity contribution in [3.8, 4) is 0 Å². The molecule has 1 heterocycles. The van der Waals surface area contributed by atoms with Gasteiger partial charge in [-0.05, 0) is 41.5 Å². The third-order valence-corrected chi connectivity index (χ3v) is 1.79. The highest BCUT2D eigenvalue weighted by Crippen LogP contribution is 2.14. The molecule has 0 spiro atoms.